The van der Waals surface area contributed by atoms with Crippen molar-refractivity contribution >= 4 is 29.1 Å². The van der Waals surface area contributed by atoms with Gasteiger partial charge in [-0.3, -0.25) is 4.79 Å². The Morgan fingerprint density at radius 3 is 2.48 bits per heavy atom. The van der Waals surface area contributed by atoms with Gasteiger partial charge in [-0.05, 0) is 23.3 Å². The highest BCUT2D eigenvalue weighted by molar-refractivity contribution is 6.32. The lowest BCUT2D eigenvalue weighted by atomic mass is 9.93. The van der Waals surface area contributed by atoms with Crippen molar-refractivity contribution in [3.8, 4) is 11.1 Å². The van der Waals surface area contributed by atoms with Crippen molar-refractivity contribution in [1.29, 1.82) is 0 Å². The largest absolute Gasteiger partial charge is 0.384 e. The van der Waals surface area contributed by atoms with E-state index in [0.29, 0.717) is 16.8 Å². The summed E-state index contributed by atoms with van der Waals surface area (Å²) in [6.45, 7) is 6.05. The van der Waals surface area contributed by atoms with Crippen molar-refractivity contribution in [2.75, 3.05) is 11.1 Å². The third-order valence-electron chi connectivity index (χ3n) is 4.02. The second-order valence-electron chi connectivity index (χ2n) is 7.32. The van der Waals surface area contributed by atoms with Gasteiger partial charge < -0.3 is 15.6 Å². The summed E-state index contributed by atoms with van der Waals surface area (Å²) in [6.07, 6.45) is 0.228. The lowest BCUT2D eigenvalue weighted by molar-refractivity contribution is -0.115. The molecule has 0 aliphatic rings. The minimum absolute atomic E-state index is 0.163. The number of nitrogens with one attached hydrogen (secondary N) is 1. The van der Waals surface area contributed by atoms with Crippen molar-refractivity contribution in [3.05, 3.63) is 58.9 Å². The molecule has 140 valence electrons. The zero-order chi connectivity index (χ0) is 19.6. The molecule has 0 saturated carbocycles. The van der Waals surface area contributed by atoms with Crippen LogP contribution in [0.15, 0.2) is 47.0 Å². The maximum absolute atomic E-state index is 12.2. The number of rotatable bonds is 4. The molecule has 0 bridgehead atoms. The number of hydrogen-bond donors (Lipinski definition) is 2. The topological polar surface area (TPSA) is 94.0 Å². The quantitative estimate of drug-likeness (QED) is 0.648. The summed E-state index contributed by atoms with van der Waals surface area (Å²) in [6, 6.07) is 12.8. The van der Waals surface area contributed by atoms with Crippen molar-refractivity contribution in [2.45, 2.75) is 32.6 Å². The van der Waals surface area contributed by atoms with Crippen LogP contribution in [0.25, 0.3) is 11.1 Å². The number of carbonyl (C=O) groups is 1. The number of halogens is 1. The van der Waals surface area contributed by atoms with Crippen molar-refractivity contribution < 1.29 is 9.32 Å². The van der Waals surface area contributed by atoms with Crippen LogP contribution in [-0.2, 0) is 16.6 Å². The summed E-state index contributed by atoms with van der Waals surface area (Å²) in [7, 11) is 0. The highest BCUT2D eigenvalue weighted by atomic mass is 35.5. The molecule has 0 radical (unpaired) electrons. The Kier molecular flexibility index (Phi) is 5.19. The standard InChI is InChI=1S/C20H21ClN4O2/c1-20(2,3)15-11-17(25-27-15)24-18(26)10-12-4-6-13(7-5-12)14-8-9-16(22)23-19(14)21/h4-9,11H,10H2,1-3H3,(H2,22,23)(H,24,25,26). The first kappa shape index (κ1) is 18.9. The second-order valence-corrected chi connectivity index (χ2v) is 7.68. The summed E-state index contributed by atoms with van der Waals surface area (Å²) >= 11 is 6.14. The van der Waals surface area contributed by atoms with E-state index in [9.17, 15) is 4.79 Å². The average Bonchev–Trinajstić information content (AvgIpc) is 3.04. The number of aromatic nitrogens is 2. The van der Waals surface area contributed by atoms with Crippen molar-refractivity contribution in [1.82, 2.24) is 10.1 Å². The summed E-state index contributed by atoms with van der Waals surface area (Å²) in [5, 5.41) is 7.00. The zero-order valence-corrected chi connectivity index (χ0v) is 16.2. The lowest BCUT2D eigenvalue weighted by Crippen LogP contribution is -2.14. The van der Waals surface area contributed by atoms with E-state index in [1.54, 1.807) is 12.1 Å². The Bertz CT molecular complexity index is 959. The van der Waals surface area contributed by atoms with Crippen LogP contribution < -0.4 is 11.1 Å². The fraction of sp³-hybridized carbons (Fsp3) is 0.250. The van der Waals surface area contributed by atoms with Gasteiger partial charge in [0, 0.05) is 17.0 Å². The van der Waals surface area contributed by atoms with Gasteiger partial charge in [0.25, 0.3) is 0 Å². The third-order valence-corrected chi connectivity index (χ3v) is 4.30. The average molecular weight is 385 g/mol. The lowest BCUT2D eigenvalue weighted by Gasteiger charge is -2.12. The highest BCUT2D eigenvalue weighted by Crippen LogP contribution is 2.27. The molecule has 0 spiro atoms. The molecule has 1 aromatic carbocycles. The van der Waals surface area contributed by atoms with E-state index < -0.39 is 0 Å². The first-order valence-electron chi connectivity index (χ1n) is 8.51. The second kappa shape index (κ2) is 7.40. The van der Waals surface area contributed by atoms with Crippen LogP contribution in [0, 0.1) is 0 Å². The number of nitrogens with zero attached hydrogens (tertiary/aromatic N) is 2. The van der Waals surface area contributed by atoms with Crippen molar-refractivity contribution in [2.24, 2.45) is 0 Å². The van der Waals surface area contributed by atoms with Crippen LogP contribution in [0.2, 0.25) is 5.15 Å². The number of pyridine rings is 1. The smallest absolute Gasteiger partial charge is 0.230 e. The molecule has 0 aliphatic heterocycles. The van der Waals surface area contributed by atoms with E-state index in [4.69, 9.17) is 21.9 Å². The van der Waals surface area contributed by atoms with Crippen LogP contribution in [0.5, 0.6) is 0 Å². The van der Waals surface area contributed by atoms with Gasteiger partial charge in [0.05, 0.1) is 6.42 Å². The SMILES string of the molecule is CC(C)(C)c1cc(NC(=O)Cc2ccc(-c3ccc(N)nc3Cl)cc2)no1. The third kappa shape index (κ3) is 4.65. The molecule has 2 aromatic heterocycles. The molecule has 27 heavy (non-hydrogen) atoms. The monoisotopic (exact) mass is 384 g/mol. The number of hydrogen-bond acceptors (Lipinski definition) is 5. The van der Waals surface area contributed by atoms with Crippen LogP contribution in [0.3, 0.4) is 0 Å². The number of anilines is 2. The van der Waals surface area contributed by atoms with Gasteiger partial charge in [0.1, 0.15) is 16.7 Å². The van der Waals surface area contributed by atoms with Crippen LogP contribution in [0.1, 0.15) is 32.1 Å². The summed E-state index contributed by atoms with van der Waals surface area (Å²) in [4.78, 5) is 16.3. The number of amides is 1. The Hall–Kier alpha value is -2.86. The molecule has 3 rings (SSSR count). The van der Waals surface area contributed by atoms with Gasteiger partial charge in [-0.15, -0.1) is 0 Å². The van der Waals surface area contributed by atoms with Gasteiger partial charge in [0.15, 0.2) is 5.82 Å². The van der Waals surface area contributed by atoms with Crippen LogP contribution in [0.4, 0.5) is 11.6 Å². The summed E-state index contributed by atoms with van der Waals surface area (Å²) in [5.74, 6) is 1.35. The molecule has 0 unspecified atom stereocenters. The first-order chi connectivity index (χ1) is 12.7. The fourth-order valence-electron chi connectivity index (χ4n) is 2.53. The maximum atomic E-state index is 12.2. The molecule has 0 saturated heterocycles. The van der Waals surface area contributed by atoms with Crippen molar-refractivity contribution in [3.63, 3.8) is 0 Å². The molecule has 0 aliphatic carbocycles. The Labute approximate surface area is 162 Å². The fourth-order valence-corrected chi connectivity index (χ4v) is 2.80. The molecule has 0 atom stereocenters. The molecule has 7 heteroatoms. The Morgan fingerprint density at radius 1 is 1.19 bits per heavy atom. The molecular weight excluding hydrogens is 364 g/mol. The van der Waals surface area contributed by atoms with Gasteiger partial charge in [-0.1, -0.05) is 61.8 Å². The predicted octanol–water partition coefficient (Wildman–Crippen LogP) is 4.45. The zero-order valence-electron chi connectivity index (χ0n) is 15.4. The first-order valence-corrected chi connectivity index (χ1v) is 8.88. The van der Waals surface area contributed by atoms with Crippen LogP contribution >= 0.6 is 11.6 Å². The Balaban J connectivity index is 1.66. The van der Waals surface area contributed by atoms with Gasteiger partial charge in [-0.2, -0.15) is 0 Å². The van der Waals surface area contributed by atoms with E-state index in [0.717, 1.165) is 22.5 Å². The van der Waals surface area contributed by atoms with Gasteiger partial charge in [0.2, 0.25) is 5.91 Å². The van der Waals surface area contributed by atoms with E-state index in [2.05, 4.69) is 15.5 Å². The van der Waals surface area contributed by atoms with Gasteiger partial charge in [-0.25, -0.2) is 4.98 Å². The highest BCUT2D eigenvalue weighted by Gasteiger charge is 2.20. The molecule has 2 heterocycles. The molecule has 1 amide bonds. The minimum atomic E-state index is -0.163. The predicted molar refractivity (Wildman–Crippen MR) is 107 cm³/mol. The summed E-state index contributed by atoms with van der Waals surface area (Å²) < 4.78 is 5.27. The maximum Gasteiger partial charge on any atom is 0.230 e. The Morgan fingerprint density at radius 2 is 1.89 bits per heavy atom. The molecule has 3 aromatic rings. The van der Waals surface area contributed by atoms with Crippen LogP contribution in [-0.4, -0.2) is 16.0 Å². The molecule has 0 fully saturated rings. The van der Waals surface area contributed by atoms with Gasteiger partial charge >= 0.3 is 0 Å². The number of nitrogens with two attached hydrogens (primary N) is 1. The molecule has 6 nitrogen and oxygen atoms in total. The number of nitrogen functional groups attached to an aromatic ring is 1. The number of benzene rings is 1. The minimum Gasteiger partial charge on any atom is -0.384 e. The van der Waals surface area contributed by atoms with E-state index >= 15 is 0 Å². The van der Waals surface area contributed by atoms with E-state index in [1.165, 1.54) is 0 Å². The summed E-state index contributed by atoms with van der Waals surface area (Å²) in [5.41, 5.74) is 8.03. The van der Waals surface area contributed by atoms with E-state index in [1.807, 2.05) is 51.1 Å². The molecule has 3 N–H and O–H groups in total. The van der Waals surface area contributed by atoms with E-state index in [-0.39, 0.29) is 17.7 Å². The number of carbonyl (C=O) groups excluding carboxylic acids is 1. The normalized spacial score (nSPS) is 11.4. The molecular formula is C20H21ClN4O2.